The predicted molar refractivity (Wildman–Crippen MR) is 73.3 cm³/mol. The summed E-state index contributed by atoms with van der Waals surface area (Å²) in [5.74, 6) is 1.56. The first-order valence-electron chi connectivity index (χ1n) is 6.25. The Morgan fingerprint density at radius 3 is 2.53 bits per heavy atom. The lowest BCUT2D eigenvalue weighted by Gasteiger charge is -2.09. The van der Waals surface area contributed by atoms with Gasteiger partial charge in [0.2, 0.25) is 5.88 Å². The number of aryl methyl sites for hydroxylation is 2. The molecule has 1 aromatic carbocycles. The fraction of sp³-hybridized carbons (Fsp3) is 0.357. The van der Waals surface area contributed by atoms with Crippen LogP contribution in [-0.4, -0.2) is 23.0 Å². The van der Waals surface area contributed by atoms with Crippen molar-refractivity contribution in [1.29, 1.82) is 0 Å². The Hall–Kier alpha value is -2.01. The molecule has 2 aromatic rings. The second kappa shape index (κ2) is 6.24. The minimum atomic E-state index is 0.425. The molecule has 0 fully saturated rings. The van der Waals surface area contributed by atoms with Crippen molar-refractivity contribution in [2.45, 2.75) is 13.5 Å². The van der Waals surface area contributed by atoms with Crippen LogP contribution >= 0.6 is 0 Å². The summed E-state index contributed by atoms with van der Waals surface area (Å²) in [6.07, 6.45) is 0. The van der Waals surface area contributed by atoms with Gasteiger partial charge >= 0.3 is 0 Å². The molecular formula is C14H19N3O2. The topological polar surface area (TPSA) is 62.3 Å². The molecule has 1 heterocycles. The van der Waals surface area contributed by atoms with Gasteiger partial charge in [-0.15, -0.1) is 0 Å². The Kier molecular flexibility index (Phi) is 4.41. The molecule has 1 aromatic heterocycles. The molecule has 2 N–H and O–H groups in total. The normalized spacial score (nSPS) is 10.5. The van der Waals surface area contributed by atoms with Gasteiger partial charge in [0.15, 0.2) is 0 Å². The average Bonchev–Trinajstić information content (AvgIpc) is 2.70. The molecule has 5 nitrogen and oxygen atoms in total. The second-order valence-electron chi connectivity index (χ2n) is 4.21. The molecule has 0 aliphatic rings. The molecule has 0 bridgehead atoms. The van der Waals surface area contributed by atoms with Crippen molar-refractivity contribution in [2.24, 2.45) is 12.8 Å². The van der Waals surface area contributed by atoms with Crippen molar-refractivity contribution in [3.05, 3.63) is 41.6 Å². The van der Waals surface area contributed by atoms with Crippen LogP contribution in [0.1, 0.15) is 11.3 Å². The summed E-state index contributed by atoms with van der Waals surface area (Å²) in [7, 11) is 1.85. The van der Waals surface area contributed by atoms with E-state index in [1.807, 2.05) is 44.3 Å². The van der Waals surface area contributed by atoms with E-state index in [4.69, 9.17) is 15.2 Å². The SMILES string of the molecule is Cc1nn(C)c(OCCOc2ccccc2)c1CN. The Bertz CT molecular complexity index is 523. The lowest BCUT2D eigenvalue weighted by atomic mass is 10.2. The van der Waals surface area contributed by atoms with E-state index in [-0.39, 0.29) is 0 Å². The molecule has 0 aliphatic heterocycles. The number of ether oxygens (including phenoxy) is 2. The number of aromatic nitrogens is 2. The van der Waals surface area contributed by atoms with E-state index in [1.54, 1.807) is 4.68 Å². The van der Waals surface area contributed by atoms with E-state index in [0.29, 0.717) is 19.8 Å². The van der Waals surface area contributed by atoms with Crippen LogP contribution in [0.2, 0.25) is 0 Å². The van der Waals surface area contributed by atoms with Crippen LogP contribution < -0.4 is 15.2 Å². The van der Waals surface area contributed by atoms with E-state index in [0.717, 1.165) is 22.9 Å². The molecule has 19 heavy (non-hydrogen) atoms. The van der Waals surface area contributed by atoms with Gasteiger partial charge in [0.25, 0.3) is 0 Å². The average molecular weight is 261 g/mol. The standard InChI is InChI=1S/C14H19N3O2/c1-11-13(10-15)14(17(2)16-11)19-9-8-18-12-6-4-3-5-7-12/h3-7H,8-10,15H2,1-2H3. The number of hydrogen-bond acceptors (Lipinski definition) is 4. The van der Waals surface area contributed by atoms with E-state index in [9.17, 15) is 0 Å². The van der Waals surface area contributed by atoms with E-state index < -0.39 is 0 Å². The van der Waals surface area contributed by atoms with Crippen LogP contribution in [0, 0.1) is 6.92 Å². The summed E-state index contributed by atoms with van der Waals surface area (Å²) >= 11 is 0. The molecule has 0 unspecified atom stereocenters. The summed E-state index contributed by atoms with van der Waals surface area (Å²) < 4.78 is 13.0. The summed E-state index contributed by atoms with van der Waals surface area (Å²) in [6.45, 7) is 3.29. The Morgan fingerprint density at radius 1 is 1.16 bits per heavy atom. The van der Waals surface area contributed by atoms with Crippen LogP contribution in [0.5, 0.6) is 11.6 Å². The quantitative estimate of drug-likeness (QED) is 0.803. The van der Waals surface area contributed by atoms with Crippen LogP contribution in [0.15, 0.2) is 30.3 Å². The minimum Gasteiger partial charge on any atom is -0.490 e. The zero-order valence-electron chi connectivity index (χ0n) is 11.3. The predicted octanol–water partition coefficient (Wildman–Crippen LogP) is 1.65. The van der Waals surface area contributed by atoms with Crippen LogP contribution in [-0.2, 0) is 13.6 Å². The number of para-hydroxylation sites is 1. The zero-order valence-corrected chi connectivity index (χ0v) is 11.3. The molecule has 5 heteroatoms. The summed E-state index contributed by atoms with van der Waals surface area (Å²) in [5.41, 5.74) is 7.55. The summed E-state index contributed by atoms with van der Waals surface area (Å²) in [6, 6.07) is 9.66. The minimum absolute atomic E-state index is 0.425. The maximum Gasteiger partial charge on any atom is 0.216 e. The van der Waals surface area contributed by atoms with Gasteiger partial charge in [0.05, 0.1) is 11.3 Å². The van der Waals surface area contributed by atoms with Crippen LogP contribution in [0.4, 0.5) is 0 Å². The van der Waals surface area contributed by atoms with Gasteiger partial charge in [0.1, 0.15) is 19.0 Å². The van der Waals surface area contributed by atoms with Crippen molar-refractivity contribution >= 4 is 0 Å². The highest BCUT2D eigenvalue weighted by Crippen LogP contribution is 2.20. The third kappa shape index (κ3) is 3.26. The van der Waals surface area contributed by atoms with Gasteiger partial charge < -0.3 is 15.2 Å². The molecular weight excluding hydrogens is 242 g/mol. The van der Waals surface area contributed by atoms with Crippen molar-refractivity contribution in [1.82, 2.24) is 9.78 Å². The van der Waals surface area contributed by atoms with Crippen molar-refractivity contribution in [2.75, 3.05) is 13.2 Å². The molecule has 0 aliphatic carbocycles. The molecule has 102 valence electrons. The molecule has 0 amide bonds. The van der Waals surface area contributed by atoms with E-state index in [2.05, 4.69) is 5.10 Å². The van der Waals surface area contributed by atoms with Gasteiger partial charge in [-0.05, 0) is 19.1 Å². The first kappa shape index (κ1) is 13.4. The molecule has 0 atom stereocenters. The molecule has 0 spiro atoms. The highest BCUT2D eigenvalue weighted by atomic mass is 16.5. The number of nitrogens with two attached hydrogens (primary N) is 1. The summed E-state index contributed by atoms with van der Waals surface area (Å²) in [4.78, 5) is 0. The zero-order chi connectivity index (χ0) is 13.7. The van der Waals surface area contributed by atoms with E-state index >= 15 is 0 Å². The fourth-order valence-corrected chi connectivity index (χ4v) is 1.91. The Labute approximate surface area is 112 Å². The van der Waals surface area contributed by atoms with Gasteiger partial charge in [-0.25, -0.2) is 4.68 Å². The van der Waals surface area contributed by atoms with Crippen molar-refractivity contribution in [3.63, 3.8) is 0 Å². The largest absolute Gasteiger partial charge is 0.490 e. The molecule has 0 radical (unpaired) electrons. The Balaban J connectivity index is 1.86. The van der Waals surface area contributed by atoms with Gasteiger partial charge in [-0.1, -0.05) is 18.2 Å². The van der Waals surface area contributed by atoms with Gasteiger partial charge in [-0.2, -0.15) is 5.10 Å². The molecule has 0 saturated heterocycles. The van der Waals surface area contributed by atoms with Crippen LogP contribution in [0.25, 0.3) is 0 Å². The van der Waals surface area contributed by atoms with Gasteiger partial charge in [-0.3, -0.25) is 0 Å². The first-order chi connectivity index (χ1) is 9.22. The van der Waals surface area contributed by atoms with Gasteiger partial charge in [0, 0.05) is 13.6 Å². The van der Waals surface area contributed by atoms with Crippen molar-refractivity contribution in [3.8, 4) is 11.6 Å². The third-order valence-electron chi connectivity index (χ3n) is 2.83. The summed E-state index contributed by atoms with van der Waals surface area (Å²) in [5, 5.41) is 4.29. The maximum atomic E-state index is 5.70. The maximum absolute atomic E-state index is 5.70. The number of benzene rings is 1. The molecule has 2 rings (SSSR count). The monoisotopic (exact) mass is 261 g/mol. The highest BCUT2D eigenvalue weighted by Gasteiger charge is 2.12. The number of nitrogens with zero attached hydrogens (tertiary/aromatic N) is 2. The smallest absolute Gasteiger partial charge is 0.216 e. The van der Waals surface area contributed by atoms with Crippen molar-refractivity contribution < 1.29 is 9.47 Å². The second-order valence-corrected chi connectivity index (χ2v) is 4.21. The third-order valence-corrected chi connectivity index (χ3v) is 2.83. The van der Waals surface area contributed by atoms with Crippen LogP contribution in [0.3, 0.4) is 0 Å². The fourth-order valence-electron chi connectivity index (χ4n) is 1.91. The van der Waals surface area contributed by atoms with E-state index in [1.165, 1.54) is 0 Å². The lowest BCUT2D eigenvalue weighted by Crippen LogP contribution is -2.12. The number of rotatable bonds is 6. The first-order valence-corrected chi connectivity index (χ1v) is 6.25. The lowest BCUT2D eigenvalue weighted by molar-refractivity contribution is 0.204. The Morgan fingerprint density at radius 2 is 1.84 bits per heavy atom. The molecule has 0 saturated carbocycles. The number of hydrogen-bond donors (Lipinski definition) is 1. The highest BCUT2D eigenvalue weighted by molar-refractivity contribution is 5.30.